The van der Waals surface area contributed by atoms with Crippen LogP contribution < -0.4 is 4.74 Å². The lowest BCUT2D eigenvalue weighted by atomic mass is 10.2. The first kappa shape index (κ1) is 13.3. The van der Waals surface area contributed by atoms with Gasteiger partial charge in [-0.15, -0.1) is 0 Å². The number of rotatable bonds is 7. The average molecular weight is 234 g/mol. The third-order valence-electron chi connectivity index (χ3n) is 2.25. The molecule has 0 saturated heterocycles. The second-order valence-electron chi connectivity index (χ2n) is 3.60. The van der Waals surface area contributed by atoms with Gasteiger partial charge in [0.1, 0.15) is 5.75 Å². The van der Waals surface area contributed by atoms with Crippen LogP contribution in [0.3, 0.4) is 0 Å². The van der Waals surface area contributed by atoms with Crippen molar-refractivity contribution in [1.29, 1.82) is 0 Å². The Labute approximate surface area is 102 Å². The molecule has 0 heterocycles. The Kier molecular flexibility index (Phi) is 5.86. The molecule has 0 bridgehead atoms. The fraction of sp³-hybridized carbons (Fsp3) is 0.357. The zero-order chi connectivity index (χ0) is 12.5. The highest BCUT2D eigenvalue weighted by molar-refractivity contribution is 5.71. The molecule has 0 aliphatic heterocycles. The van der Waals surface area contributed by atoms with Crippen LogP contribution in [0.15, 0.2) is 30.8 Å². The highest BCUT2D eigenvalue weighted by atomic mass is 16.6. The molecule has 0 unspecified atom stereocenters. The molecule has 0 N–H and O–H groups in total. The first-order valence-corrected chi connectivity index (χ1v) is 5.77. The van der Waals surface area contributed by atoms with Crippen LogP contribution in [-0.2, 0) is 9.53 Å². The first-order chi connectivity index (χ1) is 8.27. The maximum Gasteiger partial charge on any atom is 0.344 e. The molecule has 0 radical (unpaired) electrons. The Morgan fingerprint density at radius 3 is 2.88 bits per heavy atom. The van der Waals surface area contributed by atoms with Crippen LogP contribution in [-0.4, -0.2) is 19.2 Å². The zero-order valence-corrected chi connectivity index (χ0v) is 10.1. The summed E-state index contributed by atoms with van der Waals surface area (Å²) in [5, 5.41) is 0. The van der Waals surface area contributed by atoms with E-state index in [0.717, 1.165) is 18.4 Å². The lowest BCUT2D eigenvalue weighted by Gasteiger charge is -2.08. The molecule has 0 aromatic heterocycles. The summed E-state index contributed by atoms with van der Waals surface area (Å²) in [6.07, 6.45) is 3.58. The Hall–Kier alpha value is -1.77. The molecule has 0 saturated carbocycles. The standard InChI is InChI=1S/C14H18O3/c1-3-5-10-16-14(15)11-17-13-9-7-6-8-12(13)4-2/h4,6-9H,2-3,5,10-11H2,1H3. The predicted octanol–water partition coefficient (Wildman–Crippen LogP) is 3.05. The number of ether oxygens (including phenoxy) is 2. The summed E-state index contributed by atoms with van der Waals surface area (Å²) in [6.45, 7) is 6.13. The number of carbonyl (C=O) groups is 1. The number of esters is 1. The Balaban J connectivity index is 2.39. The van der Waals surface area contributed by atoms with E-state index in [-0.39, 0.29) is 12.6 Å². The molecule has 1 aromatic rings. The molecular formula is C14H18O3. The second kappa shape index (κ2) is 7.49. The van der Waals surface area contributed by atoms with Gasteiger partial charge in [-0.1, -0.05) is 44.2 Å². The van der Waals surface area contributed by atoms with Crippen LogP contribution in [0.1, 0.15) is 25.3 Å². The van der Waals surface area contributed by atoms with E-state index >= 15 is 0 Å². The van der Waals surface area contributed by atoms with Gasteiger partial charge in [0.25, 0.3) is 0 Å². The van der Waals surface area contributed by atoms with Crippen LogP contribution >= 0.6 is 0 Å². The van der Waals surface area contributed by atoms with Gasteiger partial charge in [0.15, 0.2) is 6.61 Å². The topological polar surface area (TPSA) is 35.5 Å². The molecule has 0 spiro atoms. The number of hydrogen-bond acceptors (Lipinski definition) is 3. The summed E-state index contributed by atoms with van der Waals surface area (Å²) < 4.78 is 10.4. The maximum absolute atomic E-state index is 11.3. The Morgan fingerprint density at radius 1 is 1.41 bits per heavy atom. The van der Waals surface area contributed by atoms with Crippen LogP contribution in [0, 0.1) is 0 Å². The minimum Gasteiger partial charge on any atom is -0.481 e. The van der Waals surface area contributed by atoms with Gasteiger partial charge in [-0.25, -0.2) is 4.79 Å². The molecule has 0 atom stereocenters. The van der Waals surface area contributed by atoms with Gasteiger partial charge in [0.05, 0.1) is 6.61 Å². The van der Waals surface area contributed by atoms with Gasteiger partial charge in [-0.3, -0.25) is 0 Å². The van der Waals surface area contributed by atoms with Gasteiger partial charge in [0.2, 0.25) is 0 Å². The molecule has 1 aromatic carbocycles. The molecule has 92 valence electrons. The van der Waals surface area contributed by atoms with Crippen molar-refractivity contribution >= 4 is 12.0 Å². The number of para-hydroxylation sites is 1. The van der Waals surface area contributed by atoms with Crippen molar-refractivity contribution in [2.75, 3.05) is 13.2 Å². The highest BCUT2D eigenvalue weighted by Gasteiger charge is 2.05. The second-order valence-corrected chi connectivity index (χ2v) is 3.60. The summed E-state index contributed by atoms with van der Waals surface area (Å²) in [7, 11) is 0. The van der Waals surface area contributed by atoms with Gasteiger partial charge >= 0.3 is 5.97 Å². The van der Waals surface area contributed by atoms with Crippen molar-refractivity contribution < 1.29 is 14.3 Å². The predicted molar refractivity (Wildman–Crippen MR) is 67.9 cm³/mol. The van der Waals surface area contributed by atoms with Crippen LogP contribution in [0.2, 0.25) is 0 Å². The third kappa shape index (κ3) is 4.72. The summed E-state index contributed by atoms with van der Waals surface area (Å²) in [6, 6.07) is 7.43. The van der Waals surface area contributed by atoms with Crippen LogP contribution in [0.5, 0.6) is 5.75 Å². The van der Waals surface area contributed by atoms with Crippen molar-refractivity contribution in [3.8, 4) is 5.75 Å². The van der Waals surface area contributed by atoms with E-state index in [4.69, 9.17) is 9.47 Å². The summed E-state index contributed by atoms with van der Waals surface area (Å²) in [4.78, 5) is 11.3. The highest BCUT2D eigenvalue weighted by Crippen LogP contribution is 2.18. The van der Waals surface area contributed by atoms with E-state index < -0.39 is 0 Å². The van der Waals surface area contributed by atoms with E-state index in [0.29, 0.717) is 12.4 Å². The number of benzene rings is 1. The molecule has 0 aliphatic rings. The van der Waals surface area contributed by atoms with E-state index in [1.165, 1.54) is 0 Å². The third-order valence-corrected chi connectivity index (χ3v) is 2.25. The molecule has 3 nitrogen and oxygen atoms in total. The number of carbonyl (C=O) groups excluding carboxylic acids is 1. The molecular weight excluding hydrogens is 216 g/mol. The van der Waals surface area contributed by atoms with Crippen LogP contribution in [0.4, 0.5) is 0 Å². The van der Waals surface area contributed by atoms with Crippen molar-refractivity contribution in [2.45, 2.75) is 19.8 Å². The lowest BCUT2D eigenvalue weighted by molar-refractivity contribution is -0.146. The average Bonchev–Trinajstić information content (AvgIpc) is 2.37. The summed E-state index contributed by atoms with van der Waals surface area (Å²) in [5.41, 5.74) is 0.869. The number of hydrogen-bond donors (Lipinski definition) is 0. The fourth-order valence-corrected chi connectivity index (χ4v) is 1.29. The van der Waals surface area contributed by atoms with E-state index in [2.05, 4.69) is 6.58 Å². The van der Waals surface area contributed by atoms with Crippen molar-refractivity contribution in [2.24, 2.45) is 0 Å². The van der Waals surface area contributed by atoms with Crippen molar-refractivity contribution in [1.82, 2.24) is 0 Å². The smallest absolute Gasteiger partial charge is 0.344 e. The maximum atomic E-state index is 11.3. The minimum absolute atomic E-state index is 0.0609. The first-order valence-electron chi connectivity index (χ1n) is 5.77. The van der Waals surface area contributed by atoms with Crippen molar-refractivity contribution in [3.05, 3.63) is 36.4 Å². The van der Waals surface area contributed by atoms with E-state index in [1.54, 1.807) is 12.1 Å². The molecule has 0 fully saturated rings. The molecule has 0 amide bonds. The molecule has 1 rings (SSSR count). The minimum atomic E-state index is -0.336. The van der Waals surface area contributed by atoms with Gasteiger partial charge in [-0.05, 0) is 12.5 Å². The zero-order valence-electron chi connectivity index (χ0n) is 10.1. The van der Waals surface area contributed by atoms with E-state index in [9.17, 15) is 4.79 Å². The normalized spacial score (nSPS) is 9.71. The number of unbranched alkanes of at least 4 members (excludes halogenated alkanes) is 1. The van der Waals surface area contributed by atoms with Gasteiger partial charge in [0, 0.05) is 5.56 Å². The molecule has 17 heavy (non-hydrogen) atoms. The van der Waals surface area contributed by atoms with Gasteiger partial charge < -0.3 is 9.47 Å². The summed E-state index contributed by atoms with van der Waals surface area (Å²) in [5.74, 6) is 0.312. The summed E-state index contributed by atoms with van der Waals surface area (Å²) >= 11 is 0. The van der Waals surface area contributed by atoms with Crippen LogP contribution in [0.25, 0.3) is 6.08 Å². The lowest BCUT2D eigenvalue weighted by Crippen LogP contribution is -2.15. The Morgan fingerprint density at radius 2 is 2.18 bits per heavy atom. The van der Waals surface area contributed by atoms with E-state index in [1.807, 2.05) is 25.1 Å². The van der Waals surface area contributed by atoms with Gasteiger partial charge in [-0.2, -0.15) is 0 Å². The monoisotopic (exact) mass is 234 g/mol. The molecule has 0 aliphatic carbocycles. The quantitative estimate of drug-likeness (QED) is 0.537. The fourth-order valence-electron chi connectivity index (χ4n) is 1.29. The largest absolute Gasteiger partial charge is 0.481 e. The Bertz CT molecular complexity index is 371. The van der Waals surface area contributed by atoms with Crippen molar-refractivity contribution in [3.63, 3.8) is 0 Å². The SMILES string of the molecule is C=Cc1ccccc1OCC(=O)OCCCC. The molecule has 3 heteroatoms.